The highest BCUT2D eigenvalue weighted by Crippen LogP contribution is 2.27. The van der Waals surface area contributed by atoms with Crippen molar-refractivity contribution in [3.8, 4) is 0 Å². The molecule has 0 heterocycles. The van der Waals surface area contributed by atoms with Gasteiger partial charge in [0.25, 0.3) is 0 Å². The Hall–Kier alpha value is -2.26. The van der Waals surface area contributed by atoms with Crippen molar-refractivity contribution in [1.29, 1.82) is 0 Å². The number of hydrogen-bond donors (Lipinski definition) is 1. The molecule has 1 unspecified atom stereocenters. The predicted octanol–water partition coefficient (Wildman–Crippen LogP) is 4.61. The van der Waals surface area contributed by atoms with Crippen molar-refractivity contribution in [2.45, 2.75) is 13.0 Å². The van der Waals surface area contributed by atoms with E-state index in [2.05, 4.69) is 11.9 Å². The second-order valence-electron chi connectivity index (χ2n) is 4.74. The molecule has 114 valence electrons. The Morgan fingerprint density at radius 3 is 2.41 bits per heavy atom. The molecule has 0 aliphatic rings. The van der Waals surface area contributed by atoms with E-state index in [0.29, 0.717) is 17.2 Å². The fourth-order valence-corrected chi connectivity index (χ4v) is 2.20. The summed E-state index contributed by atoms with van der Waals surface area (Å²) in [4.78, 5) is 12.0. The molecule has 1 N–H and O–H groups in total. The van der Waals surface area contributed by atoms with E-state index in [4.69, 9.17) is 16.3 Å². The van der Waals surface area contributed by atoms with E-state index >= 15 is 0 Å². The Bertz CT molecular complexity index is 638. The Kier molecular flexibility index (Phi) is 5.61. The maximum absolute atomic E-state index is 12.0. The van der Waals surface area contributed by atoms with E-state index in [1.165, 1.54) is 0 Å². The number of carbonyl (C=O) groups is 1. The minimum atomic E-state index is -0.411. The molecule has 2 rings (SSSR count). The molecule has 0 aromatic heterocycles. The number of esters is 1. The lowest BCUT2D eigenvalue weighted by molar-refractivity contribution is -0.138. The van der Waals surface area contributed by atoms with Crippen LogP contribution in [0.3, 0.4) is 0 Å². The number of nitrogens with one attached hydrogen (secondary N) is 1. The van der Waals surface area contributed by atoms with E-state index < -0.39 is 5.97 Å². The molecule has 0 aliphatic heterocycles. The molecule has 0 spiro atoms. The van der Waals surface area contributed by atoms with Crippen LogP contribution in [-0.4, -0.2) is 12.6 Å². The van der Waals surface area contributed by atoms with Crippen molar-refractivity contribution in [2.24, 2.45) is 0 Å². The van der Waals surface area contributed by atoms with Gasteiger partial charge < -0.3 is 10.1 Å². The number of rotatable bonds is 6. The molecule has 2 aromatic rings. The average molecular weight is 316 g/mol. The van der Waals surface area contributed by atoms with Gasteiger partial charge in [0, 0.05) is 10.7 Å². The van der Waals surface area contributed by atoms with Crippen molar-refractivity contribution in [1.82, 2.24) is 0 Å². The van der Waals surface area contributed by atoms with E-state index in [1.54, 1.807) is 19.1 Å². The number of halogens is 1. The van der Waals surface area contributed by atoms with Gasteiger partial charge >= 0.3 is 5.97 Å². The monoisotopic (exact) mass is 315 g/mol. The molecule has 0 fully saturated rings. The SMILES string of the molecule is C=C(C(=O)OCC)C(Nc1ccccc1)c1ccc(Cl)cc1. The number of ether oxygens (including phenoxy) is 1. The molecule has 0 bridgehead atoms. The van der Waals surface area contributed by atoms with Crippen molar-refractivity contribution in [2.75, 3.05) is 11.9 Å². The Labute approximate surface area is 135 Å². The minimum Gasteiger partial charge on any atom is -0.463 e. The Balaban J connectivity index is 2.29. The summed E-state index contributed by atoms with van der Waals surface area (Å²) in [7, 11) is 0. The molecule has 22 heavy (non-hydrogen) atoms. The summed E-state index contributed by atoms with van der Waals surface area (Å²) in [5.74, 6) is -0.411. The molecular weight excluding hydrogens is 298 g/mol. The first-order chi connectivity index (χ1) is 10.6. The van der Waals surface area contributed by atoms with Crippen molar-refractivity contribution < 1.29 is 9.53 Å². The van der Waals surface area contributed by atoms with Crippen LogP contribution in [-0.2, 0) is 9.53 Å². The highest BCUT2D eigenvalue weighted by atomic mass is 35.5. The van der Waals surface area contributed by atoms with E-state index in [0.717, 1.165) is 11.3 Å². The highest BCUT2D eigenvalue weighted by molar-refractivity contribution is 6.30. The van der Waals surface area contributed by atoms with Crippen LogP contribution in [0.15, 0.2) is 66.7 Å². The van der Waals surface area contributed by atoms with E-state index in [9.17, 15) is 4.79 Å². The second-order valence-corrected chi connectivity index (χ2v) is 5.18. The predicted molar refractivity (Wildman–Crippen MR) is 90.0 cm³/mol. The topological polar surface area (TPSA) is 38.3 Å². The summed E-state index contributed by atoms with van der Waals surface area (Å²) < 4.78 is 5.06. The maximum Gasteiger partial charge on any atom is 0.335 e. The van der Waals surface area contributed by atoms with Crippen LogP contribution in [0.5, 0.6) is 0 Å². The van der Waals surface area contributed by atoms with E-state index in [1.807, 2.05) is 42.5 Å². The average Bonchev–Trinajstić information content (AvgIpc) is 2.54. The first-order valence-corrected chi connectivity index (χ1v) is 7.42. The summed E-state index contributed by atoms with van der Waals surface area (Å²) in [5.41, 5.74) is 2.15. The molecule has 4 heteroatoms. The van der Waals surface area contributed by atoms with Gasteiger partial charge in [-0.25, -0.2) is 4.79 Å². The van der Waals surface area contributed by atoms with Crippen LogP contribution in [0, 0.1) is 0 Å². The Morgan fingerprint density at radius 1 is 1.18 bits per heavy atom. The third kappa shape index (κ3) is 4.12. The van der Waals surface area contributed by atoms with Gasteiger partial charge in [0.2, 0.25) is 0 Å². The number of para-hydroxylation sites is 1. The van der Waals surface area contributed by atoms with Crippen LogP contribution in [0.25, 0.3) is 0 Å². The standard InChI is InChI=1S/C18H18ClNO2/c1-3-22-18(21)13(2)17(14-9-11-15(19)12-10-14)20-16-7-5-4-6-8-16/h4-12,17,20H,2-3H2,1H3. The fourth-order valence-electron chi connectivity index (χ4n) is 2.07. The minimum absolute atomic E-state index is 0.316. The van der Waals surface area contributed by atoms with Crippen LogP contribution in [0.2, 0.25) is 5.02 Å². The molecule has 0 saturated heterocycles. The quantitative estimate of drug-likeness (QED) is 0.625. The molecule has 0 amide bonds. The lowest BCUT2D eigenvalue weighted by Crippen LogP contribution is -2.20. The molecule has 2 aromatic carbocycles. The number of benzene rings is 2. The summed E-state index contributed by atoms with van der Waals surface area (Å²) in [6.07, 6.45) is 0. The number of anilines is 1. The summed E-state index contributed by atoms with van der Waals surface area (Å²) in [5, 5.41) is 3.95. The van der Waals surface area contributed by atoms with Crippen molar-refractivity contribution >= 4 is 23.3 Å². The zero-order valence-electron chi connectivity index (χ0n) is 12.4. The highest BCUT2D eigenvalue weighted by Gasteiger charge is 2.22. The van der Waals surface area contributed by atoms with Crippen molar-refractivity contribution in [3.05, 3.63) is 77.3 Å². The second kappa shape index (κ2) is 7.66. The molecule has 0 saturated carbocycles. The van der Waals surface area contributed by atoms with Gasteiger partial charge in [0.05, 0.1) is 18.2 Å². The summed E-state index contributed by atoms with van der Waals surface area (Å²) in [6, 6.07) is 16.6. The van der Waals surface area contributed by atoms with Gasteiger partial charge in [-0.2, -0.15) is 0 Å². The van der Waals surface area contributed by atoms with Crippen molar-refractivity contribution in [3.63, 3.8) is 0 Å². The third-order valence-electron chi connectivity index (χ3n) is 3.17. The van der Waals surface area contributed by atoms with Crippen LogP contribution < -0.4 is 5.32 Å². The van der Waals surface area contributed by atoms with Gasteiger partial charge in [0.1, 0.15) is 0 Å². The van der Waals surface area contributed by atoms with Crippen LogP contribution in [0.4, 0.5) is 5.69 Å². The third-order valence-corrected chi connectivity index (χ3v) is 3.43. The first-order valence-electron chi connectivity index (χ1n) is 7.04. The van der Waals surface area contributed by atoms with Gasteiger partial charge in [-0.1, -0.05) is 48.5 Å². The maximum atomic E-state index is 12.0. The zero-order chi connectivity index (χ0) is 15.9. The summed E-state index contributed by atoms with van der Waals surface area (Å²) >= 11 is 5.93. The van der Waals surface area contributed by atoms with Crippen LogP contribution >= 0.6 is 11.6 Å². The van der Waals surface area contributed by atoms with Gasteiger partial charge in [-0.05, 0) is 36.8 Å². The van der Waals surface area contributed by atoms with E-state index in [-0.39, 0.29) is 6.04 Å². The molecule has 0 aliphatic carbocycles. The van der Waals surface area contributed by atoms with Gasteiger partial charge in [0.15, 0.2) is 0 Å². The first kappa shape index (κ1) is 16.1. The summed E-state index contributed by atoms with van der Waals surface area (Å²) in [6.45, 7) is 5.99. The molecule has 0 radical (unpaired) electrons. The smallest absolute Gasteiger partial charge is 0.335 e. The lowest BCUT2D eigenvalue weighted by atomic mass is 9.99. The molecule has 3 nitrogen and oxygen atoms in total. The van der Waals surface area contributed by atoms with Gasteiger partial charge in [-0.3, -0.25) is 0 Å². The van der Waals surface area contributed by atoms with Crippen LogP contribution in [0.1, 0.15) is 18.5 Å². The fraction of sp³-hybridized carbons (Fsp3) is 0.167. The zero-order valence-corrected chi connectivity index (χ0v) is 13.1. The van der Waals surface area contributed by atoms with Gasteiger partial charge in [-0.15, -0.1) is 0 Å². The normalized spacial score (nSPS) is 11.5. The molecule has 1 atom stereocenters. The number of carbonyl (C=O) groups excluding carboxylic acids is 1. The lowest BCUT2D eigenvalue weighted by Gasteiger charge is -2.22. The largest absolute Gasteiger partial charge is 0.463 e. The molecular formula is C18H18ClNO2. The Morgan fingerprint density at radius 2 is 1.82 bits per heavy atom. The number of hydrogen-bond acceptors (Lipinski definition) is 3.